The van der Waals surface area contributed by atoms with Crippen LogP contribution in [-0.4, -0.2) is 24.9 Å². The predicted molar refractivity (Wildman–Crippen MR) is 49.5 cm³/mol. The third kappa shape index (κ3) is 3.90. The molecule has 12 heavy (non-hydrogen) atoms. The molecule has 0 N–H and O–H groups in total. The van der Waals surface area contributed by atoms with E-state index in [-0.39, 0.29) is 11.3 Å². The van der Waals surface area contributed by atoms with Crippen LogP contribution in [0.2, 0.25) is 0 Å². The number of alkyl halides is 2. The van der Waals surface area contributed by atoms with Gasteiger partial charge in [0.2, 0.25) is 0 Å². The van der Waals surface area contributed by atoms with Crippen LogP contribution < -0.4 is 0 Å². The summed E-state index contributed by atoms with van der Waals surface area (Å²) in [5, 5.41) is 3.20. The Hall–Kier alpha value is -0.310. The summed E-state index contributed by atoms with van der Waals surface area (Å²) in [7, 11) is 1.38. The van der Waals surface area contributed by atoms with E-state index < -0.39 is 6.17 Å². The molecule has 4 heteroatoms. The van der Waals surface area contributed by atoms with Crippen LogP contribution in [0.25, 0.3) is 0 Å². The molecule has 0 radical (unpaired) electrons. The van der Waals surface area contributed by atoms with Gasteiger partial charge in [-0.1, -0.05) is 19.0 Å². The maximum absolute atomic E-state index is 13.1. The first kappa shape index (κ1) is 11.7. The first-order chi connectivity index (χ1) is 5.63. The summed E-state index contributed by atoms with van der Waals surface area (Å²) in [4.78, 5) is 4.36. The lowest BCUT2D eigenvalue weighted by Crippen LogP contribution is -2.23. The van der Waals surface area contributed by atoms with Gasteiger partial charge in [-0.25, -0.2) is 4.39 Å². The number of nitrogens with zero attached hydrogens (tertiary/aromatic N) is 1. The third-order valence-electron chi connectivity index (χ3n) is 1.77. The molecule has 0 aromatic rings. The Morgan fingerprint density at radius 1 is 1.67 bits per heavy atom. The fourth-order valence-electron chi connectivity index (χ4n) is 0.826. The number of oxime groups is 1. The Bertz CT molecular complexity index is 143. The smallest absolute Gasteiger partial charge is 0.142 e. The van der Waals surface area contributed by atoms with Gasteiger partial charge in [-0.2, -0.15) is 0 Å². The fraction of sp³-hybridized carbons (Fsp3) is 0.875. The van der Waals surface area contributed by atoms with Crippen molar-refractivity contribution in [2.75, 3.05) is 7.11 Å². The standard InChI is InChI=1S/C8H15ClFNO/c1-4-7(9)6(2)8(10)5-11-12-3/h5-8H,4H2,1-3H3/t6-,7+,8-/m1/s1. The fourth-order valence-corrected chi connectivity index (χ4v) is 0.965. The summed E-state index contributed by atoms with van der Waals surface area (Å²) in [6.45, 7) is 3.68. The summed E-state index contributed by atoms with van der Waals surface area (Å²) < 4.78 is 13.1. The number of rotatable bonds is 5. The maximum Gasteiger partial charge on any atom is 0.142 e. The van der Waals surface area contributed by atoms with Crippen molar-refractivity contribution in [1.82, 2.24) is 0 Å². The molecule has 0 aliphatic carbocycles. The van der Waals surface area contributed by atoms with Crippen molar-refractivity contribution in [2.45, 2.75) is 31.8 Å². The molecule has 0 unspecified atom stereocenters. The summed E-state index contributed by atoms with van der Waals surface area (Å²) in [5.74, 6) is -0.226. The van der Waals surface area contributed by atoms with E-state index in [1.807, 2.05) is 6.92 Å². The molecule has 0 amide bonds. The van der Waals surface area contributed by atoms with Crippen molar-refractivity contribution in [3.8, 4) is 0 Å². The first-order valence-electron chi connectivity index (χ1n) is 3.98. The summed E-state index contributed by atoms with van der Waals surface area (Å²) >= 11 is 5.85. The van der Waals surface area contributed by atoms with E-state index in [0.717, 1.165) is 12.6 Å². The minimum atomic E-state index is -1.13. The van der Waals surface area contributed by atoms with Gasteiger partial charge < -0.3 is 4.84 Å². The molecule has 0 spiro atoms. The predicted octanol–water partition coefficient (Wildman–Crippen LogP) is 2.61. The average Bonchev–Trinajstić information content (AvgIpc) is 2.11. The zero-order valence-electron chi connectivity index (χ0n) is 7.63. The van der Waals surface area contributed by atoms with Crippen LogP contribution in [-0.2, 0) is 4.84 Å². The van der Waals surface area contributed by atoms with Crippen LogP contribution in [0.15, 0.2) is 5.16 Å². The van der Waals surface area contributed by atoms with E-state index in [4.69, 9.17) is 11.6 Å². The Labute approximate surface area is 77.7 Å². The monoisotopic (exact) mass is 195 g/mol. The molecule has 0 saturated heterocycles. The second-order valence-electron chi connectivity index (χ2n) is 2.66. The van der Waals surface area contributed by atoms with Gasteiger partial charge in [-0.15, -0.1) is 11.6 Å². The van der Waals surface area contributed by atoms with Gasteiger partial charge in [-0.05, 0) is 6.42 Å². The lowest BCUT2D eigenvalue weighted by atomic mass is 10.0. The molecular formula is C8H15ClFNO. The topological polar surface area (TPSA) is 21.6 Å². The van der Waals surface area contributed by atoms with Crippen molar-refractivity contribution < 1.29 is 9.23 Å². The second kappa shape index (κ2) is 6.23. The van der Waals surface area contributed by atoms with E-state index in [2.05, 4.69) is 9.99 Å². The lowest BCUT2D eigenvalue weighted by molar-refractivity contribution is 0.208. The first-order valence-corrected chi connectivity index (χ1v) is 4.41. The minimum absolute atomic E-state index is 0.150. The molecule has 2 nitrogen and oxygen atoms in total. The number of hydrogen-bond donors (Lipinski definition) is 0. The average molecular weight is 196 g/mol. The van der Waals surface area contributed by atoms with Crippen LogP contribution >= 0.6 is 11.6 Å². The molecule has 0 bridgehead atoms. The lowest BCUT2D eigenvalue weighted by Gasteiger charge is -2.16. The van der Waals surface area contributed by atoms with Gasteiger partial charge >= 0.3 is 0 Å². The largest absolute Gasteiger partial charge is 0.399 e. The normalized spacial score (nSPS) is 19.1. The van der Waals surface area contributed by atoms with Crippen molar-refractivity contribution in [2.24, 2.45) is 11.1 Å². The molecule has 0 heterocycles. The molecule has 0 saturated carbocycles. The Balaban J connectivity index is 3.91. The molecular weight excluding hydrogens is 181 g/mol. The van der Waals surface area contributed by atoms with E-state index >= 15 is 0 Å². The number of halogens is 2. The van der Waals surface area contributed by atoms with Crippen LogP contribution in [0.4, 0.5) is 4.39 Å². The summed E-state index contributed by atoms with van der Waals surface area (Å²) in [5.41, 5.74) is 0. The van der Waals surface area contributed by atoms with Crippen LogP contribution in [0, 0.1) is 5.92 Å². The zero-order chi connectivity index (χ0) is 9.56. The van der Waals surface area contributed by atoms with Crippen molar-refractivity contribution >= 4 is 17.8 Å². The van der Waals surface area contributed by atoms with Gasteiger partial charge in [0.15, 0.2) is 0 Å². The molecule has 0 aliphatic heterocycles. The molecule has 0 aliphatic rings. The minimum Gasteiger partial charge on any atom is -0.399 e. The van der Waals surface area contributed by atoms with Crippen LogP contribution in [0.3, 0.4) is 0 Å². The van der Waals surface area contributed by atoms with Crippen LogP contribution in [0.1, 0.15) is 20.3 Å². The van der Waals surface area contributed by atoms with Gasteiger partial charge in [0.25, 0.3) is 0 Å². The SMILES string of the molecule is CC[C@H](Cl)[C@@H](C)[C@H](F)C=NOC. The Kier molecular flexibility index (Phi) is 6.07. The van der Waals surface area contributed by atoms with Crippen LogP contribution in [0.5, 0.6) is 0 Å². The molecule has 3 atom stereocenters. The summed E-state index contributed by atoms with van der Waals surface area (Å²) in [6, 6.07) is 0. The molecule has 0 aromatic carbocycles. The molecule has 0 fully saturated rings. The van der Waals surface area contributed by atoms with E-state index in [0.29, 0.717) is 0 Å². The highest BCUT2D eigenvalue weighted by Gasteiger charge is 2.21. The summed E-state index contributed by atoms with van der Waals surface area (Å²) in [6.07, 6.45) is 0.757. The zero-order valence-corrected chi connectivity index (χ0v) is 8.38. The van der Waals surface area contributed by atoms with Crippen molar-refractivity contribution in [3.05, 3.63) is 0 Å². The van der Waals surface area contributed by atoms with E-state index in [1.165, 1.54) is 7.11 Å². The van der Waals surface area contributed by atoms with Gasteiger partial charge in [0.05, 0.1) is 6.21 Å². The molecule has 0 aromatic heterocycles. The van der Waals surface area contributed by atoms with Gasteiger partial charge in [0, 0.05) is 11.3 Å². The third-order valence-corrected chi connectivity index (χ3v) is 2.48. The van der Waals surface area contributed by atoms with Crippen molar-refractivity contribution in [3.63, 3.8) is 0 Å². The Morgan fingerprint density at radius 2 is 2.25 bits per heavy atom. The molecule has 0 rings (SSSR count). The maximum atomic E-state index is 13.1. The van der Waals surface area contributed by atoms with E-state index in [1.54, 1.807) is 6.92 Å². The quantitative estimate of drug-likeness (QED) is 0.376. The van der Waals surface area contributed by atoms with Crippen molar-refractivity contribution in [1.29, 1.82) is 0 Å². The Morgan fingerprint density at radius 3 is 2.67 bits per heavy atom. The van der Waals surface area contributed by atoms with Gasteiger partial charge in [0.1, 0.15) is 13.3 Å². The van der Waals surface area contributed by atoms with Gasteiger partial charge in [-0.3, -0.25) is 0 Å². The highest BCUT2D eigenvalue weighted by Crippen LogP contribution is 2.18. The second-order valence-corrected chi connectivity index (χ2v) is 3.23. The molecule has 72 valence electrons. The highest BCUT2D eigenvalue weighted by atomic mass is 35.5. The highest BCUT2D eigenvalue weighted by molar-refractivity contribution is 6.20. The van der Waals surface area contributed by atoms with E-state index in [9.17, 15) is 4.39 Å². The number of hydrogen-bond acceptors (Lipinski definition) is 2.